The fraction of sp³-hybridized carbons (Fsp3) is 0.0714. The lowest BCUT2D eigenvalue weighted by atomic mass is 10.1. The Balaban J connectivity index is 2.09. The third-order valence-electron chi connectivity index (χ3n) is 2.71. The number of nitrogens with two attached hydrogens (primary N) is 1. The second-order valence-corrected chi connectivity index (χ2v) is 7.51. The first-order valence-corrected chi connectivity index (χ1v) is 8.21. The van der Waals surface area contributed by atoms with Crippen molar-refractivity contribution in [2.45, 2.75) is 6.54 Å². The Labute approximate surface area is 128 Å². The standard InChI is InChI=1S/C14H11BrN2S2/c15-12-7-6-10(18-12)14-17-13(11(8-16)19-14)9-4-2-1-3-5-9/h1-7H,8,16H2. The third-order valence-corrected chi connectivity index (χ3v) is 5.58. The molecular formula is C14H11BrN2S2. The van der Waals surface area contributed by atoms with E-state index >= 15 is 0 Å². The Morgan fingerprint density at radius 2 is 1.84 bits per heavy atom. The number of nitrogens with zero attached hydrogens (tertiary/aromatic N) is 1. The highest BCUT2D eigenvalue weighted by Crippen LogP contribution is 2.37. The van der Waals surface area contributed by atoms with Gasteiger partial charge in [0.2, 0.25) is 0 Å². The van der Waals surface area contributed by atoms with Gasteiger partial charge in [-0.3, -0.25) is 0 Å². The van der Waals surface area contributed by atoms with Gasteiger partial charge in [0.1, 0.15) is 5.01 Å². The van der Waals surface area contributed by atoms with E-state index in [1.54, 1.807) is 22.7 Å². The van der Waals surface area contributed by atoms with Crippen molar-refractivity contribution in [2.75, 3.05) is 0 Å². The molecule has 0 aliphatic carbocycles. The maximum atomic E-state index is 5.85. The minimum atomic E-state index is 0.522. The Morgan fingerprint density at radius 1 is 1.05 bits per heavy atom. The SMILES string of the molecule is NCc1sc(-c2ccc(Br)s2)nc1-c1ccccc1. The maximum absolute atomic E-state index is 5.85. The number of hydrogen-bond donors (Lipinski definition) is 1. The molecule has 96 valence electrons. The number of aromatic nitrogens is 1. The lowest BCUT2D eigenvalue weighted by Gasteiger charge is -1.98. The third kappa shape index (κ3) is 2.65. The molecule has 0 radical (unpaired) electrons. The Bertz CT molecular complexity index is 689. The molecule has 19 heavy (non-hydrogen) atoms. The van der Waals surface area contributed by atoms with Crippen LogP contribution in [0.2, 0.25) is 0 Å². The molecule has 0 fully saturated rings. The highest BCUT2D eigenvalue weighted by Gasteiger charge is 2.14. The van der Waals surface area contributed by atoms with E-state index in [9.17, 15) is 0 Å². The normalized spacial score (nSPS) is 10.8. The van der Waals surface area contributed by atoms with E-state index in [1.807, 2.05) is 24.3 Å². The zero-order chi connectivity index (χ0) is 13.2. The van der Waals surface area contributed by atoms with Crippen molar-refractivity contribution in [3.8, 4) is 21.1 Å². The van der Waals surface area contributed by atoms with Crippen molar-refractivity contribution >= 4 is 38.6 Å². The fourth-order valence-corrected chi connectivity index (χ4v) is 4.25. The van der Waals surface area contributed by atoms with Gasteiger partial charge in [0.15, 0.2) is 0 Å². The first-order chi connectivity index (χ1) is 9.28. The minimum absolute atomic E-state index is 0.522. The summed E-state index contributed by atoms with van der Waals surface area (Å²) < 4.78 is 1.12. The second-order valence-electron chi connectivity index (χ2n) is 3.96. The van der Waals surface area contributed by atoms with Gasteiger partial charge in [0.05, 0.1) is 14.4 Å². The molecule has 5 heteroatoms. The van der Waals surface area contributed by atoms with Gasteiger partial charge in [0.25, 0.3) is 0 Å². The van der Waals surface area contributed by atoms with Gasteiger partial charge in [0, 0.05) is 17.0 Å². The Morgan fingerprint density at radius 3 is 2.47 bits per heavy atom. The molecule has 3 rings (SSSR count). The number of thiophene rings is 1. The number of halogens is 1. The van der Waals surface area contributed by atoms with E-state index in [1.165, 1.54) is 4.88 Å². The lowest BCUT2D eigenvalue weighted by molar-refractivity contribution is 1.10. The van der Waals surface area contributed by atoms with Crippen LogP contribution in [-0.2, 0) is 6.54 Å². The van der Waals surface area contributed by atoms with Crippen LogP contribution in [0.4, 0.5) is 0 Å². The predicted molar refractivity (Wildman–Crippen MR) is 86.5 cm³/mol. The van der Waals surface area contributed by atoms with Crippen LogP contribution in [0.1, 0.15) is 4.88 Å². The van der Waals surface area contributed by atoms with Crippen LogP contribution >= 0.6 is 38.6 Å². The van der Waals surface area contributed by atoms with E-state index in [0.717, 1.165) is 24.9 Å². The molecule has 0 unspecified atom stereocenters. The zero-order valence-electron chi connectivity index (χ0n) is 9.97. The molecule has 2 aromatic heterocycles. The Kier molecular flexibility index (Phi) is 3.79. The van der Waals surface area contributed by atoms with Crippen LogP contribution in [0.25, 0.3) is 21.1 Å². The Hall–Kier alpha value is -1.01. The molecule has 2 heterocycles. The fourth-order valence-electron chi connectivity index (χ4n) is 1.85. The molecule has 0 saturated heterocycles. The first-order valence-electron chi connectivity index (χ1n) is 5.79. The number of rotatable bonds is 3. The van der Waals surface area contributed by atoms with Crippen molar-refractivity contribution in [2.24, 2.45) is 5.73 Å². The maximum Gasteiger partial charge on any atom is 0.134 e. The molecule has 0 amide bonds. The average Bonchev–Trinajstić information content (AvgIpc) is 3.05. The van der Waals surface area contributed by atoms with Gasteiger partial charge >= 0.3 is 0 Å². The molecule has 3 aromatic rings. The van der Waals surface area contributed by atoms with Crippen molar-refractivity contribution < 1.29 is 0 Å². The topological polar surface area (TPSA) is 38.9 Å². The summed E-state index contributed by atoms with van der Waals surface area (Å²) in [5, 5.41) is 1.04. The zero-order valence-corrected chi connectivity index (χ0v) is 13.2. The highest BCUT2D eigenvalue weighted by atomic mass is 79.9. The molecule has 0 aliphatic heterocycles. The largest absolute Gasteiger partial charge is 0.326 e. The van der Waals surface area contributed by atoms with Gasteiger partial charge in [-0.15, -0.1) is 22.7 Å². The quantitative estimate of drug-likeness (QED) is 0.739. The van der Waals surface area contributed by atoms with Gasteiger partial charge < -0.3 is 5.73 Å². The van der Waals surface area contributed by atoms with E-state index in [0.29, 0.717) is 6.54 Å². The summed E-state index contributed by atoms with van der Waals surface area (Å²) in [5.41, 5.74) is 7.98. The van der Waals surface area contributed by atoms with Crippen molar-refractivity contribution in [1.82, 2.24) is 4.98 Å². The summed E-state index contributed by atoms with van der Waals surface area (Å²) >= 11 is 6.85. The average molecular weight is 351 g/mol. The number of benzene rings is 1. The van der Waals surface area contributed by atoms with Crippen LogP contribution < -0.4 is 5.73 Å². The molecule has 2 nitrogen and oxygen atoms in total. The van der Waals surface area contributed by atoms with Crippen LogP contribution in [0.3, 0.4) is 0 Å². The molecule has 0 aliphatic rings. The number of hydrogen-bond acceptors (Lipinski definition) is 4. The monoisotopic (exact) mass is 350 g/mol. The van der Waals surface area contributed by atoms with E-state index in [2.05, 4.69) is 34.1 Å². The first kappa shape index (κ1) is 13.0. The second kappa shape index (κ2) is 5.54. The molecule has 2 N–H and O–H groups in total. The molecule has 0 bridgehead atoms. The summed E-state index contributed by atoms with van der Waals surface area (Å²) in [7, 11) is 0. The van der Waals surface area contributed by atoms with Crippen molar-refractivity contribution in [1.29, 1.82) is 0 Å². The highest BCUT2D eigenvalue weighted by molar-refractivity contribution is 9.11. The molecule has 0 saturated carbocycles. The lowest BCUT2D eigenvalue weighted by Crippen LogP contribution is -1.95. The van der Waals surface area contributed by atoms with Gasteiger partial charge in [-0.05, 0) is 28.1 Å². The molecule has 0 spiro atoms. The van der Waals surface area contributed by atoms with Crippen molar-refractivity contribution in [3.05, 3.63) is 51.1 Å². The molecule has 1 aromatic carbocycles. The van der Waals surface area contributed by atoms with Gasteiger partial charge in [-0.1, -0.05) is 30.3 Å². The van der Waals surface area contributed by atoms with Crippen LogP contribution in [0, 0.1) is 0 Å². The van der Waals surface area contributed by atoms with Gasteiger partial charge in [-0.2, -0.15) is 0 Å². The number of thiazole rings is 1. The smallest absolute Gasteiger partial charge is 0.134 e. The van der Waals surface area contributed by atoms with Crippen LogP contribution in [0.5, 0.6) is 0 Å². The predicted octanol–water partition coefficient (Wildman–Crippen LogP) is 4.76. The summed E-state index contributed by atoms with van der Waals surface area (Å²) in [4.78, 5) is 7.07. The summed E-state index contributed by atoms with van der Waals surface area (Å²) in [6.45, 7) is 0.522. The van der Waals surface area contributed by atoms with E-state index in [4.69, 9.17) is 10.7 Å². The molecular weight excluding hydrogens is 340 g/mol. The van der Waals surface area contributed by atoms with E-state index < -0.39 is 0 Å². The summed E-state index contributed by atoms with van der Waals surface area (Å²) in [6, 6.07) is 14.3. The minimum Gasteiger partial charge on any atom is -0.326 e. The summed E-state index contributed by atoms with van der Waals surface area (Å²) in [5.74, 6) is 0. The summed E-state index contributed by atoms with van der Waals surface area (Å²) in [6.07, 6.45) is 0. The van der Waals surface area contributed by atoms with Crippen molar-refractivity contribution in [3.63, 3.8) is 0 Å². The van der Waals surface area contributed by atoms with Crippen LogP contribution in [-0.4, -0.2) is 4.98 Å². The van der Waals surface area contributed by atoms with E-state index in [-0.39, 0.29) is 0 Å². The molecule has 0 atom stereocenters. The van der Waals surface area contributed by atoms with Crippen LogP contribution in [0.15, 0.2) is 46.3 Å². The van der Waals surface area contributed by atoms with Gasteiger partial charge in [-0.25, -0.2) is 4.98 Å².